The van der Waals surface area contributed by atoms with E-state index in [0.717, 1.165) is 24.7 Å². The molecule has 0 radical (unpaired) electrons. The zero-order valence-corrected chi connectivity index (χ0v) is 14.9. The summed E-state index contributed by atoms with van der Waals surface area (Å²) in [6, 6.07) is 8.31. The Morgan fingerprint density at radius 2 is 1.89 bits per heavy atom. The second-order valence-electron chi connectivity index (χ2n) is 6.38. The Morgan fingerprint density at radius 3 is 2.57 bits per heavy atom. The van der Waals surface area contributed by atoms with Crippen LogP contribution in [0.25, 0.3) is 22.0 Å². The molecule has 9 heteroatoms. The van der Waals surface area contributed by atoms with E-state index in [9.17, 15) is 17.9 Å². The zero-order chi connectivity index (χ0) is 20.1. The molecule has 2 heterocycles. The van der Waals surface area contributed by atoms with E-state index in [1.165, 1.54) is 12.1 Å². The van der Waals surface area contributed by atoms with Crippen molar-refractivity contribution in [3.63, 3.8) is 0 Å². The monoisotopic (exact) mass is 386 g/mol. The molecule has 0 saturated carbocycles. The van der Waals surface area contributed by atoms with Gasteiger partial charge in [0, 0.05) is 0 Å². The molecule has 3 N–H and O–H groups in total. The van der Waals surface area contributed by atoms with Crippen molar-refractivity contribution in [3.8, 4) is 11.1 Å². The molecule has 1 aromatic carbocycles. The first-order valence-electron chi connectivity index (χ1n) is 8.74. The summed E-state index contributed by atoms with van der Waals surface area (Å²) in [6.07, 6.45) is -0.220. The van der Waals surface area contributed by atoms with Crippen molar-refractivity contribution in [1.82, 2.24) is 9.97 Å². The fourth-order valence-electron chi connectivity index (χ4n) is 2.87. The van der Waals surface area contributed by atoms with Crippen LogP contribution in [0.15, 0.2) is 48.8 Å². The van der Waals surface area contributed by atoms with E-state index in [1.54, 1.807) is 18.5 Å². The van der Waals surface area contributed by atoms with E-state index >= 15 is 0 Å². The summed E-state index contributed by atoms with van der Waals surface area (Å²) in [6.45, 7) is 0.435. The molecule has 0 bridgehead atoms. The maximum atomic E-state index is 12.8. The number of halogens is 3. The van der Waals surface area contributed by atoms with Gasteiger partial charge in [0.25, 0.3) is 0 Å². The fraction of sp³-hybridized carbons (Fsp3) is 0.263. The molecular weight excluding hydrogens is 368 g/mol. The quantitative estimate of drug-likeness (QED) is 0.602. The van der Waals surface area contributed by atoms with Crippen molar-refractivity contribution >= 4 is 23.9 Å². The van der Waals surface area contributed by atoms with E-state index in [-0.39, 0.29) is 6.04 Å². The molecule has 2 aromatic heterocycles. The van der Waals surface area contributed by atoms with Crippen LogP contribution < -0.4 is 11.1 Å². The van der Waals surface area contributed by atoms with Crippen LogP contribution >= 0.6 is 0 Å². The van der Waals surface area contributed by atoms with Crippen molar-refractivity contribution in [1.29, 1.82) is 0 Å². The van der Waals surface area contributed by atoms with Gasteiger partial charge in [-0.15, -0.1) is 0 Å². The van der Waals surface area contributed by atoms with E-state index in [0.29, 0.717) is 41.7 Å². The molecule has 28 heavy (non-hydrogen) atoms. The molecule has 144 valence electrons. The number of nitrogens with two attached hydrogens (primary N) is 1. The number of benzene rings is 1. The average molecular weight is 386 g/mol. The predicted octanol–water partition coefficient (Wildman–Crippen LogP) is 3.91. The molecule has 5 nitrogen and oxygen atoms in total. The molecular formula is C19H18BF3N4O. The van der Waals surface area contributed by atoms with Crippen molar-refractivity contribution in [2.24, 2.45) is 5.73 Å². The van der Waals surface area contributed by atoms with Crippen LogP contribution in [-0.2, 0) is 10.9 Å². The Morgan fingerprint density at radius 1 is 1.14 bits per heavy atom. The van der Waals surface area contributed by atoms with Gasteiger partial charge in [0.1, 0.15) is 0 Å². The van der Waals surface area contributed by atoms with E-state index in [2.05, 4.69) is 15.3 Å². The SMILES string of the molecule is NC(CCB=O)CNc1ncc(-c2ccc(C(F)(F)F)cc2)c2ncccc12. The number of hydrogen-bond donors (Lipinski definition) is 2. The number of rotatable bonds is 7. The summed E-state index contributed by atoms with van der Waals surface area (Å²) in [5.41, 5.74) is 7.12. The molecule has 3 aromatic rings. The van der Waals surface area contributed by atoms with Gasteiger partial charge in [0.2, 0.25) is 0 Å². The minimum atomic E-state index is -4.38. The van der Waals surface area contributed by atoms with Gasteiger partial charge in [-0.1, -0.05) is 0 Å². The molecule has 3 rings (SSSR count). The molecule has 0 spiro atoms. The summed E-state index contributed by atoms with van der Waals surface area (Å²) in [5.74, 6) is 0.584. The molecule has 0 amide bonds. The predicted molar refractivity (Wildman–Crippen MR) is 102 cm³/mol. The van der Waals surface area contributed by atoms with Gasteiger partial charge in [-0.2, -0.15) is 13.2 Å². The summed E-state index contributed by atoms with van der Waals surface area (Å²) in [4.78, 5) is 8.79. The van der Waals surface area contributed by atoms with Crippen molar-refractivity contribution < 1.29 is 17.9 Å². The van der Waals surface area contributed by atoms with Crippen LogP contribution in [0.1, 0.15) is 12.0 Å². The summed E-state index contributed by atoms with van der Waals surface area (Å²) < 4.78 is 48.8. The molecule has 1 atom stereocenters. The number of aromatic nitrogens is 2. The van der Waals surface area contributed by atoms with Crippen molar-refractivity contribution in [2.45, 2.75) is 25.0 Å². The Labute approximate surface area is 160 Å². The third kappa shape index (κ3) is 4.54. The van der Waals surface area contributed by atoms with Crippen molar-refractivity contribution in [2.75, 3.05) is 11.9 Å². The van der Waals surface area contributed by atoms with Crippen LogP contribution in [0.3, 0.4) is 0 Å². The third-order valence-corrected chi connectivity index (χ3v) is 4.35. The third-order valence-electron chi connectivity index (χ3n) is 4.35. The number of alkyl halides is 3. The molecule has 0 aliphatic carbocycles. The maximum absolute atomic E-state index is 12.8. The van der Waals surface area contributed by atoms with E-state index in [1.807, 2.05) is 6.07 Å². The second-order valence-corrected chi connectivity index (χ2v) is 6.38. The van der Waals surface area contributed by atoms with Gasteiger partial charge < -0.3 is 0 Å². The Bertz CT molecular complexity index is 964. The van der Waals surface area contributed by atoms with Gasteiger partial charge in [-0.05, 0) is 0 Å². The van der Waals surface area contributed by atoms with E-state index in [4.69, 9.17) is 5.73 Å². The number of fused-ring (bicyclic) bond motifs is 1. The summed E-state index contributed by atoms with van der Waals surface area (Å²) in [7, 11) is 0.830. The minimum absolute atomic E-state index is 0.201. The number of pyridine rings is 2. The summed E-state index contributed by atoms with van der Waals surface area (Å²) >= 11 is 0. The number of hydrogen-bond acceptors (Lipinski definition) is 5. The topological polar surface area (TPSA) is 80.9 Å². The van der Waals surface area contributed by atoms with Gasteiger partial charge in [0.05, 0.1) is 5.56 Å². The van der Waals surface area contributed by atoms with Crippen LogP contribution in [-0.4, -0.2) is 29.7 Å². The summed E-state index contributed by atoms with van der Waals surface area (Å²) in [5, 5.41) is 3.90. The Hall–Kier alpha value is -2.81. The second kappa shape index (κ2) is 8.47. The molecule has 0 aliphatic heterocycles. The Balaban J connectivity index is 1.90. The van der Waals surface area contributed by atoms with Crippen molar-refractivity contribution in [3.05, 3.63) is 54.4 Å². The van der Waals surface area contributed by atoms with Crippen LogP contribution in [0, 0.1) is 0 Å². The molecule has 0 aliphatic rings. The van der Waals surface area contributed by atoms with Gasteiger partial charge in [-0.25, -0.2) is 0 Å². The molecule has 1 unspecified atom stereocenters. The zero-order valence-electron chi connectivity index (χ0n) is 14.9. The average Bonchev–Trinajstić information content (AvgIpc) is 2.70. The number of nitrogens with zero attached hydrogens (tertiary/aromatic N) is 2. The first-order valence-corrected chi connectivity index (χ1v) is 8.74. The standard InChI is InChI=1S/C19H18BF3N4O/c21-19(22,23)13-5-3-12(4-6-13)16-11-27-18(15-2-1-9-25-17(15)16)26-10-14(24)7-8-20-28/h1-6,9,11,14H,7-8,10,24H2,(H,26,27). The van der Waals surface area contributed by atoms with Crippen LogP contribution in [0.2, 0.25) is 6.32 Å². The van der Waals surface area contributed by atoms with Gasteiger partial charge in [0.15, 0.2) is 0 Å². The first kappa shape index (κ1) is 19.9. The van der Waals surface area contributed by atoms with E-state index < -0.39 is 11.7 Å². The van der Waals surface area contributed by atoms with Crippen LogP contribution in [0.5, 0.6) is 0 Å². The van der Waals surface area contributed by atoms with Crippen LogP contribution in [0.4, 0.5) is 19.0 Å². The molecule has 0 fully saturated rings. The first-order chi connectivity index (χ1) is 13.4. The molecule has 0 saturated heterocycles. The normalized spacial score (nSPS) is 12.6. The van der Waals surface area contributed by atoms with Gasteiger partial charge >= 0.3 is 141 Å². The Kier molecular flexibility index (Phi) is 6.04. The number of nitrogens with one attached hydrogen (secondary N) is 1. The fourth-order valence-corrected chi connectivity index (χ4v) is 2.87. The number of anilines is 1. The van der Waals surface area contributed by atoms with Gasteiger partial charge in [-0.3, -0.25) is 0 Å².